The highest BCUT2D eigenvalue weighted by Crippen LogP contribution is 2.44. The summed E-state index contributed by atoms with van der Waals surface area (Å²) in [6.45, 7) is 0. The largest absolute Gasteiger partial charge is 0.503 e. The van der Waals surface area contributed by atoms with E-state index in [-0.39, 0.29) is 16.5 Å². The maximum absolute atomic E-state index is 13.2. The number of ketones is 1. The molecule has 0 spiro atoms. The summed E-state index contributed by atoms with van der Waals surface area (Å²) in [4.78, 5) is 27.7. The number of carbonyl (C=O) groups is 2. The highest BCUT2D eigenvalue weighted by Gasteiger charge is 2.46. The van der Waals surface area contributed by atoms with Crippen molar-refractivity contribution in [1.82, 2.24) is 10.2 Å². The van der Waals surface area contributed by atoms with Crippen molar-refractivity contribution in [2.45, 2.75) is 16.1 Å². The molecule has 0 bridgehead atoms. The first-order valence-electron chi connectivity index (χ1n) is 10.2. The Kier molecular flexibility index (Phi) is 6.79. The normalized spacial score (nSPS) is 15.8. The summed E-state index contributed by atoms with van der Waals surface area (Å²) in [6, 6.07) is 16.8. The Hall–Kier alpha value is -2.92. The fraction of sp³-hybridized carbons (Fsp3) is 0.0833. The van der Waals surface area contributed by atoms with E-state index in [1.54, 1.807) is 30.3 Å². The van der Waals surface area contributed by atoms with Crippen LogP contribution in [0.2, 0.25) is 5.02 Å². The zero-order chi connectivity index (χ0) is 24.5. The smallest absolute Gasteiger partial charge is 0.296 e. The molecule has 0 saturated heterocycles. The van der Waals surface area contributed by atoms with Crippen molar-refractivity contribution in [2.24, 2.45) is 0 Å². The van der Waals surface area contributed by atoms with Crippen LogP contribution in [-0.2, 0) is 10.5 Å². The van der Waals surface area contributed by atoms with Gasteiger partial charge >= 0.3 is 0 Å². The van der Waals surface area contributed by atoms with Crippen LogP contribution in [-0.4, -0.2) is 27.0 Å². The predicted molar refractivity (Wildman–Crippen MR) is 138 cm³/mol. The first kappa shape index (κ1) is 23.8. The maximum Gasteiger partial charge on any atom is 0.296 e. The third-order valence-corrected chi connectivity index (χ3v) is 8.17. The van der Waals surface area contributed by atoms with Gasteiger partial charge in [0.15, 0.2) is 15.9 Å². The molecule has 35 heavy (non-hydrogen) atoms. The molecule has 0 radical (unpaired) electrons. The Labute approximate surface area is 221 Å². The summed E-state index contributed by atoms with van der Waals surface area (Å²) in [5.41, 5.74) is 1.62. The minimum absolute atomic E-state index is 0.0276. The Morgan fingerprint density at radius 1 is 1.14 bits per heavy atom. The number of hydrogen-bond acceptors (Lipinski definition) is 8. The van der Waals surface area contributed by atoms with Crippen LogP contribution in [0.4, 0.5) is 5.13 Å². The van der Waals surface area contributed by atoms with Gasteiger partial charge in [-0.25, -0.2) is 0 Å². The molecule has 7 nitrogen and oxygen atoms in total. The van der Waals surface area contributed by atoms with Crippen LogP contribution in [0.15, 0.2) is 91.5 Å². The molecule has 5 rings (SSSR count). The quantitative estimate of drug-likeness (QED) is 0.147. The van der Waals surface area contributed by atoms with Gasteiger partial charge in [0, 0.05) is 15.2 Å². The monoisotopic (exact) mass is 587 g/mol. The van der Waals surface area contributed by atoms with Gasteiger partial charge in [-0.05, 0) is 47.5 Å². The highest BCUT2D eigenvalue weighted by atomic mass is 79.9. The summed E-state index contributed by atoms with van der Waals surface area (Å²) in [5, 5.41) is 20.1. The number of furan rings is 1. The van der Waals surface area contributed by atoms with E-state index in [0.717, 1.165) is 10.0 Å². The average molecular weight is 589 g/mol. The van der Waals surface area contributed by atoms with E-state index in [9.17, 15) is 14.7 Å². The standard InChI is InChI=1S/C24H15BrClN3O4S2/c25-15-7-5-14(6-8-15)19-18(20(30)17-2-1-11-33-17)21(31)22(32)29(19)23-27-28-24(35-23)34-12-13-3-9-16(26)10-4-13/h1-11,19,31H,12H2. The first-order valence-corrected chi connectivity index (χ1v) is 13.2. The molecule has 0 aliphatic carbocycles. The second kappa shape index (κ2) is 9.98. The van der Waals surface area contributed by atoms with E-state index in [4.69, 9.17) is 16.0 Å². The number of aromatic nitrogens is 2. The number of halogens is 2. The maximum atomic E-state index is 13.2. The number of anilines is 1. The fourth-order valence-corrected chi connectivity index (χ4v) is 5.83. The van der Waals surface area contributed by atoms with Crippen molar-refractivity contribution in [2.75, 3.05) is 4.90 Å². The molecule has 3 heterocycles. The van der Waals surface area contributed by atoms with Crippen LogP contribution < -0.4 is 4.90 Å². The fourth-order valence-electron chi connectivity index (χ4n) is 3.62. The second-order valence-electron chi connectivity index (χ2n) is 7.46. The van der Waals surface area contributed by atoms with Crippen LogP contribution in [0.5, 0.6) is 0 Å². The number of aliphatic hydroxyl groups is 1. The summed E-state index contributed by atoms with van der Waals surface area (Å²) in [5.74, 6) is -1.26. The van der Waals surface area contributed by atoms with Gasteiger partial charge < -0.3 is 9.52 Å². The molecule has 1 amide bonds. The predicted octanol–water partition coefficient (Wildman–Crippen LogP) is 6.62. The van der Waals surface area contributed by atoms with E-state index in [0.29, 0.717) is 20.7 Å². The molecule has 4 aromatic rings. The van der Waals surface area contributed by atoms with E-state index in [1.807, 2.05) is 24.3 Å². The number of rotatable bonds is 7. The Balaban J connectivity index is 1.48. The minimum atomic E-state index is -0.893. The lowest BCUT2D eigenvalue weighted by Gasteiger charge is -2.23. The van der Waals surface area contributed by atoms with Crippen molar-refractivity contribution in [3.8, 4) is 0 Å². The summed E-state index contributed by atoms with van der Waals surface area (Å²) >= 11 is 12.0. The summed E-state index contributed by atoms with van der Waals surface area (Å²) in [6.07, 6.45) is 1.36. The van der Waals surface area contributed by atoms with E-state index in [2.05, 4.69) is 26.1 Å². The lowest BCUT2D eigenvalue weighted by molar-refractivity contribution is -0.117. The molecular weight excluding hydrogens is 574 g/mol. The molecule has 0 fully saturated rings. The van der Waals surface area contributed by atoms with Crippen LogP contribution in [0.3, 0.4) is 0 Å². The van der Waals surface area contributed by atoms with Gasteiger partial charge in [0.25, 0.3) is 5.91 Å². The number of amides is 1. The number of thioether (sulfide) groups is 1. The van der Waals surface area contributed by atoms with Crippen molar-refractivity contribution in [1.29, 1.82) is 0 Å². The van der Waals surface area contributed by atoms with E-state index in [1.165, 1.54) is 40.3 Å². The van der Waals surface area contributed by atoms with Crippen LogP contribution in [0.25, 0.3) is 0 Å². The number of carbonyl (C=O) groups excluding carboxylic acids is 2. The molecule has 2 aromatic carbocycles. The van der Waals surface area contributed by atoms with Crippen LogP contribution in [0, 0.1) is 0 Å². The van der Waals surface area contributed by atoms with Gasteiger partial charge in [0.1, 0.15) is 0 Å². The average Bonchev–Trinajstić information content (AvgIpc) is 3.60. The molecular formula is C24H15BrClN3O4S2. The van der Waals surface area contributed by atoms with Crippen LogP contribution in [0.1, 0.15) is 27.7 Å². The minimum Gasteiger partial charge on any atom is -0.503 e. The Morgan fingerprint density at radius 3 is 2.57 bits per heavy atom. The number of hydrogen-bond donors (Lipinski definition) is 1. The first-order chi connectivity index (χ1) is 16.9. The van der Waals surface area contributed by atoms with Gasteiger partial charge in [-0.2, -0.15) is 0 Å². The van der Waals surface area contributed by atoms with Gasteiger partial charge in [-0.15, -0.1) is 10.2 Å². The third-order valence-electron chi connectivity index (χ3n) is 5.26. The zero-order valence-corrected chi connectivity index (χ0v) is 21.7. The van der Waals surface area contributed by atoms with Crippen molar-refractivity contribution < 1.29 is 19.1 Å². The van der Waals surface area contributed by atoms with Gasteiger partial charge in [-0.3, -0.25) is 14.5 Å². The summed E-state index contributed by atoms with van der Waals surface area (Å²) in [7, 11) is 0. The van der Waals surface area contributed by atoms with Gasteiger partial charge in [0.05, 0.1) is 17.9 Å². The van der Waals surface area contributed by atoms with Gasteiger partial charge in [-0.1, -0.05) is 74.9 Å². The topological polar surface area (TPSA) is 96.5 Å². The lowest BCUT2D eigenvalue weighted by atomic mass is 9.95. The number of aliphatic hydroxyl groups excluding tert-OH is 1. The van der Waals surface area contributed by atoms with Crippen LogP contribution >= 0.6 is 50.6 Å². The molecule has 11 heteroatoms. The highest BCUT2D eigenvalue weighted by molar-refractivity contribution is 9.10. The summed E-state index contributed by atoms with van der Waals surface area (Å²) < 4.78 is 6.73. The Morgan fingerprint density at radius 2 is 1.89 bits per heavy atom. The number of Topliss-reactive ketones (excluding diaryl/α,β-unsaturated/α-hetero) is 1. The van der Waals surface area contributed by atoms with Crippen molar-refractivity contribution in [3.05, 3.63) is 105 Å². The molecule has 1 unspecified atom stereocenters. The Bertz CT molecular complexity index is 1420. The van der Waals surface area contributed by atoms with Gasteiger partial charge in [0.2, 0.25) is 10.9 Å². The van der Waals surface area contributed by atoms with E-state index >= 15 is 0 Å². The van der Waals surface area contributed by atoms with E-state index < -0.39 is 23.5 Å². The van der Waals surface area contributed by atoms with Crippen molar-refractivity contribution in [3.63, 3.8) is 0 Å². The molecule has 176 valence electrons. The molecule has 2 aromatic heterocycles. The molecule has 1 aliphatic rings. The molecule has 0 saturated carbocycles. The lowest BCUT2D eigenvalue weighted by Crippen LogP contribution is -2.31. The molecule has 1 atom stereocenters. The zero-order valence-electron chi connectivity index (χ0n) is 17.7. The number of benzene rings is 2. The van der Waals surface area contributed by atoms with Crippen molar-refractivity contribution >= 4 is 67.5 Å². The molecule has 1 aliphatic heterocycles. The molecule has 1 N–H and O–H groups in total. The number of nitrogens with zero attached hydrogens (tertiary/aromatic N) is 3. The SMILES string of the molecule is O=C(C1=C(O)C(=O)N(c2nnc(SCc3ccc(Cl)cc3)s2)C1c1ccc(Br)cc1)c1ccco1. The third kappa shape index (κ3) is 4.79. The second-order valence-corrected chi connectivity index (χ2v) is 11.0.